The van der Waals surface area contributed by atoms with E-state index in [4.69, 9.17) is 19.3 Å². The number of fused-ring (bicyclic) bond motifs is 1. The topological polar surface area (TPSA) is 74.0 Å². The summed E-state index contributed by atoms with van der Waals surface area (Å²) in [6.45, 7) is 14.9. The number of ether oxygens (including phenoxy) is 3. The van der Waals surface area contributed by atoms with Crippen molar-refractivity contribution in [3.05, 3.63) is 52.4 Å². The predicted octanol–water partition coefficient (Wildman–Crippen LogP) is 4.82. The molecule has 0 aliphatic heterocycles. The Balaban J connectivity index is 1.96. The van der Waals surface area contributed by atoms with Crippen molar-refractivity contribution >= 4 is 17.4 Å². The van der Waals surface area contributed by atoms with Gasteiger partial charge >= 0.3 is 0 Å². The fraction of sp³-hybridized carbons (Fsp3) is 0.414. The minimum Gasteiger partial charge on any atom is -0.497 e. The fourth-order valence-corrected chi connectivity index (χ4v) is 4.64. The highest BCUT2D eigenvalue weighted by molar-refractivity contribution is 5.74. The lowest BCUT2D eigenvalue weighted by Gasteiger charge is -2.22. The van der Waals surface area contributed by atoms with Gasteiger partial charge in [0.15, 0.2) is 23.0 Å². The Morgan fingerprint density at radius 1 is 0.946 bits per heavy atom. The number of aryl methyl sites for hydroxylation is 1. The summed E-state index contributed by atoms with van der Waals surface area (Å²) in [6, 6.07) is 10.2. The Hall–Kier alpha value is -3.81. The first-order chi connectivity index (χ1) is 17.7. The van der Waals surface area contributed by atoms with E-state index in [0.717, 1.165) is 29.6 Å². The van der Waals surface area contributed by atoms with Crippen LogP contribution in [0.1, 0.15) is 51.4 Å². The molecule has 8 heteroatoms. The summed E-state index contributed by atoms with van der Waals surface area (Å²) in [5.41, 5.74) is 5.66. The monoisotopic (exact) mass is 503 g/mol. The van der Waals surface area contributed by atoms with Gasteiger partial charge in [-0.3, -0.25) is 0 Å². The Morgan fingerprint density at radius 2 is 1.68 bits per heavy atom. The van der Waals surface area contributed by atoms with Gasteiger partial charge in [-0.15, -0.1) is 10.2 Å². The zero-order chi connectivity index (χ0) is 26.9. The number of anilines is 1. The average Bonchev–Trinajstić information content (AvgIpc) is 3.45. The molecule has 2 heterocycles. The van der Waals surface area contributed by atoms with Gasteiger partial charge in [0.1, 0.15) is 5.75 Å². The van der Waals surface area contributed by atoms with Crippen LogP contribution in [-0.2, 0) is 5.41 Å². The SMILES string of the molecule is CCN(CC)c1ccc(/C=c2/c(C(C)(C)C)nn3c(-c4cc(OC)cc(OC)c4OC)nnc23)c(C)c1. The van der Waals surface area contributed by atoms with Crippen molar-refractivity contribution in [2.45, 2.75) is 47.0 Å². The number of methoxy groups -OCH3 is 3. The first-order valence-electron chi connectivity index (χ1n) is 12.6. The quantitative estimate of drug-likeness (QED) is 0.341. The third-order valence-electron chi connectivity index (χ3n) is 6.66. The molecule has 0 spiro atoms. The summed E-state index contributed by atoms with van der Waals surface area (Å²) in [4.78, 5) is 2.35. The van der Waals surface area contributed by atoms with Crippen molar-refractivity contribution in [2.75, 3.05) is 39.3 Å². The summed E-state index contributed by atoms with van der Waals surface area (Å²) in [6.07, 6.45) is 2.17. The number of hydrogen-bond donors (Lipinski definition) is 0. The molecule has 8 nitrogen and oxygen atoms in total. The smallest absolute Gasteiger partial charge is 0.189 e. The van der Waals surface area contributed by atoms with Crippen molar-refractivity contribution < 1.29 is 14.2 Å². The summed E-state index contributed by atoms with van der Waals surface area (Å²) in [5.74, 6) is 2.28. The van der Waals surface area contributed by atoms with E-state index in [1.165, 1.54) is 11.3 Å². The number of aromatic nitrogens is 4. The van der Waals surface area contributed by atoms with Crippen LogP contribution >= 0.6 is 0 Å². The highest BCUT2D eigenvalue weighted by Gasteiger charge is 2.26. The third-order valence-corrected chi connectivity index (χ3v) is 6.66. The van der Waals surface area contributed by atoms with E-state index >= 15 is 0 Å². The van der Waals surface area contributed by atoms with Crippen LogP contribution in [0.4, 0.5) is 5.69 Å². The van der Waals surface area contributed by atoms with E-state index in [2.05, 4.69) is 80.9 Å². The molecule has 0 N–H and O–H groups in total. The number of benzene rings is 2. The van der Waals surface area contributed by atoms with Crippen LogP contribution in [0.5, 0.6) is 17.2 Å². The molecule has 0 aliphatic rings. The second-order valence-corrected chi connectivity index (χ2v) is 10.0. The number of nitrogens with zero attached hydrogens (tertiary/aromatic N) is 5. The lowest BCUT2D eigenvalue weighted by atomic mass is 9.90. The first-order valence-corrected chi connectivity index (χ1v) is 12.6. The maximum Gasteiger partial charge on any atom is 0.189 e. The molecule has 0 atom stereocenters. The zero-order valence-electron chi connectivity index (χ0n) is 23.3. The highest BCUT2D eigenvalue weighted by Crippen LogP contribution is 2.41. The Bertz CT molecular complexity index is 1470. The van der Waals surface area contributed by atoms with Gasteiger partial charge in [-0.1, -0.05) is 26.8 Å². The van der Waals surface area contributed by atoms with E-state index in [1.54, 1.807) is 31.9 Å². The second-order valence-electron chi connectivity index (χ2n) is 10.0. The summed E-state index contributed by atoms with van der Waals surface area (Å²) in [7, 11) is 4.82. The van der Waals surface area contributed by atoms with Crippen molar-refractivity contribution in [1.82, 2.24) is 19.8 Å². The number of rotatable bonds is 8. The van der Waals surface area contributed by atoms with Crippen molar-refractivity contribution in [1.29, 1.82) is 0 Å². The van der Waals surface area contributed by atoms with Crippen molar-refractivity contribution in [3.63, 3.8) is 0 Å². The van der Waals surface area contributed by atoms with Crippen LogP contribution in [0, 0.1) is 6.92 Å². The normalized spacial score (nSPS) is 12.3. The maximum absolute atomic E-state index is 5.70. The molecule has 2 aromatic carbocycles. The summed E-state index contributed by atoms with van der Waals surface area (Å²) >= 11 is 0. The average molecular weight is 504 g/mol. The summed E-state index contributed by atoms with van der Waals surface area (Å²) in [5, 5.41) is 15.1. The maximum atomic E-state index is 5.70. The molecule has 2 aromatic heterocycles. The van der Waals surface area contributed by atoms with Gasteiger partial charge in [0.05, 0.1) is 32.6 Å². The molecule has 0 amide bonds. The van der Waals surface area contributed by atoms with E-state index < -0.39 is 0 Å². The molecule has 0 unspecified atom stereocenters. The Morgan fingerprint density at radius 3 is 2.24 bits per heavy atom. The molecule has 0 fully saturated rings. The lowest BCUT2D eigenvalue weighted by molar-refractivity contribution is 0.350. The third kappa shape index (κ3) is 4.80. The highest BCUT2D eigenvalue weighted by atomic mass is 16.5. The first kappa shape index (κ1) is 26.3. The molecule has 0 saturated heterocycles. The van der Waals surface area contributed by atoms with E-state index in [1.807, 2.05) is 6.07 Å². The van der Waals surface area contributed by atoms with Gasteiger partial charge in [-0.05, 0) is 56.2 Å². The van der Waals surface area contributed by atoms with E-state index in [0.29, 0.717) is 34.3 Å². The zero-order valence-corrected chi connectivity index (χ0v) is 23.3. The van der Waals surface area contributed by atoms with Gasteiger partial charge in [0.25, 0.3) is 0 Å². The minimum absolute atomic E-state index is 0.213. The molecular weight excluding hydrogens is 466 g/mol. The van der Waals surface area contributed by atoms with Crippen LogP contribution in [0.3, 0.4) is 0 Å². The molecule has 0 saturated carbocycles. The second kappa shape index (κ2) is 10.3. The molecule has 4 aromatic rings. The molecule has 0 bridgehead atoms. The lowest BCUT2D eigenvalue weighted by Crippen LogP contribution is -2.22. The van der Waals surface area contributed by atoms with Gasteiger partial charge in [0.2, 0.25) is 0 Å². The van der Waals surface area contributed by atoms with Crippen LogP contribution < -0.4 is 24.3 Å². The van der Waals surface area contributed by atoms with Crippen LogP contribution in [0.25, 0.3) is 23.1 Å². The largest absolute Gasteiger partial charge is 0.497 e. The van der Waals surface area contributed by atoms with Crippen molar-refractivity contribution in [2.24, 2.45) is 0 Å². The molecule has 4 rings (SSSR count). The van der Waals surface area contributed by atoms with Gasteiger partial charge < -0.3 is 19.1 Å². The standard InChI is InChI=1S/C29H37N5O3/c1-10-33(11-2)20-13-12-19(18(3)14-20)15-23-26(29(4,5)6)32-34-27(30-31-28(23)34)22-16-21(35-7)17-24(36-8)25(22)37-9/h12-17H,10-11H2,1-9H3/b23-15-. The van der Waals surface area contributed by atoms with E-state index in [-0.39, 0.29) is 5.41 Å². The van der Waals surface area contributed by atoms with Gasteiger partial charge in [-0.25, -0.2) is 0 Å². The molecule has 0 aliphatic carbocycles. The molecule has 0 radical (unpaired) electrons. The van der Waals surface area contributed by atoms with Crippen molar-refractivity contribution in [3.8, 4) is 28.6 Å². The predicted molar refractivity (Wildman–Crippen MR) is 148 cm³/mol. The Labute approximate surface area is 218 Å². The molecule has 196 valence electrons. The van der Waals surface area contributed by atoms with Crippen LogP contribution in [0.15, 0.2) is 30.3 Å². The fourth-order valence-electron chi connectivity index (χ4n) is 4.64. The van der Waals surface area contributed by atoms with E-state index in [9.17, 15) is 0 Å². The van der Waals surface area contributed by atoms with Gasteiger partial charge in [0, 0.05) is 35.5 Å². The summed E-state index contributed by atoms with van der Waals surface area (Å²) < 4.78 is 18.6. The minimum atomic E-state index is -0.213. The molecule has 37 heavy (non-hydrogen) atoms. The van der Waals surface area contributed by atoms with Crippen LogP contribution in [0.2, 0.25) is 0 Å². The van der Waals surface area contributed by atoms with Crippen LogP contribution in [-0.4, -0.2) is 54.2 Å². The van der Waals surface area contributed by atoms with Gasteiger partial charge in [-0.2, -0.15) is 9.61 Å². The number of hydrogen-bond acceptors (Lipinski definition) is 7. The molecular formula is C29H37N5O3. The Kier molecular flexibility index (Phi) is 7.30.